The maximum Gasteiger partial charge on any atom is 0.306 e. The molecule has 0 spiro atoms. The first-order valence-corrected chi connectivity index (χ1v) is 9.64. The standard InChI is InChI=1S/C21H19ClFN3O4/c1-12(20(28)25-17-10-9-13(23)11-15(17)22)30-19(27)8-4-7-18-24-16-6-3-2-5-14(16)21(29)26-18/h2-3,5-6,9-12H,4,7-8H2,1H3,(H,25,28)(H,24,26,29). The van der Waals surface area contributed by atoms with E-state index in [4.69, 9.17) is 16.3 Å². The Hall–Kier alpha value is -3.26. The summed E-state index contributed by atoms with van der Waals surface area (Å²) in [6.45, 7) is 1.42. The monoisotopic (exact) mass is 431 g/mol. The molecule has 1 unspecified atom stereocenters. The van der Waals surface area contributed by atoms with Crippen molar-refractivity contribution < 1.29 is 18.7 Å². The van der Waals surface area contributed by atoms with Gasteiger partial charge in [0.15, 0.2) is 6.10 Å². The van der Waals surface area contributed by atoms with Crippen LogP contribution in [0.25, 0.3) is 10.9 Å². The van der Waals surface area contributed by atoms with Crippen LogP contribution in [0.4, 0.5) is 10.1 Å². The van der Waals surface area contributed by atoms with Crippen molar-refractivity contribution in [1.82, 2.24) is 9.97 Å². The van der Waals surface area contributed by atoms with Crippen LogP contribution in [0.5, 0.6) is 0 Å². The van der Waals surface area contributed by atoms with Gasteiger partial charge in [-0.05, 0) is 43.7 Å². The Bertz CT molecular complexity index is 1150. The molecule has 1 heterocycles. The molecule has 1 aromatic heterocycles. The predicted octanol–water partition coefficient (Wildman–Crippen LogP) is 3.61. The third-order valence-corrected chi connectivity index (χ3v) is 4.64. The summed E-state index contributed by atoms with van der Waals surface area (Å²) >= 11 is 5.86. The quantitative estimate of drug-likeness (QED) is 0.556. The first kappa shape index (κ1) is 21.4. The highest BCUT2D eigenvalue weighted by Gasteiger charge is 2.19. The highest BCUT2D eigenvalue weighted by atomic mass is 35.5. The van der Waals surface area contributed by atoms with E-state index in [1.165, 1.54) is 13.0 Å². The molecular weight excluding hydrogens is 413 g/mol. The van der Waals surface area contributed by atoms with Crippen molar-refractivity contribution in [3.05, 3.63) is 69.5 Å². The fourth-order valence-electron chi connectivity index (χ4n) is 2.79. The van der Waals surface area contributed by atoms with Crippen molar-refractivity contribution in [2.24, 2.45) is 0 Å². The summed E-state index contributed by atoms with van der Waals surface area (Å²) in [6, 6.07) is 10.5. The number of halogens is 2. The number of benzene rings is 2. The topological polar surface area (TPSA) is 101 Å². The van der Waals surface area contributed by atoms with Crippen LogP contribution in [-0.2, 0) is 20.7 Å². The number of rotatable bonds is 7. The van der Waals surface area contributed by atoms with Crippen molar-refractivity contribution in [3.8, 4) is 0 Å². The second-order valence-corrected chi connectivity index (χ2v) is 7.04. The number of ether oxygens (including phenoxy) is 1. The second kappa shape index (κ2) is 9.49. The van der Waals surface area contributed by atoms with Crippen molar-refractivity contribution in [3.63, 3.8) is 0 Å². The molecule has 30 heavy (non-hydrogen) atoms. The van der Waals surface area contributed by atoms with Crippen LogP contribution in [0.1, 0.15) is 25.6 Å². The lowest BCUT2D eigenvalue weighted by atomic mass is 10.2. The molecule has 0 saturated carbocycles. The van der Waals surface area contributed by atoms with Gasteiger partial charge in [0, 0.05) is 12.8 Å². The lowest BCUT2D eigenvalue weighted by Crippen LogP contribution is -2.30. The molecule has 3 rings (SSSR count). The van der Waals surface area contributed by atoms with E-state index < -0.39 is 23.8 Å². The van der Waals surface area contributed by atoms with E-state index in [1.54, 1.807) is 24.3 Å². The number of aromatic nitrogens is 2. The number of nitrogens with zero attached hydrogens (tertiary/aromatic N) is 1. The Morgan fingerprint density at radius 3 is 2.80 bits per heavy atom. The van der Waals surface area contributed by atoms with E-state index in [1.807, 2.05) is 0 Å². The van der Waals surface area contributed by atoms with Gasteiger partial charge in [0.2, 0.25) is 0 Å². The number of carbonyl (C=O) groups excluding carboxylic acids is 2. The average molecular weight is 432 g/mol. The highest BCUT2D eigenvalue weighted by Crippen LogP contribution is 2.22. The van der Waals surface area contributed by atoms with E-state index in [0.717, 1.165) is 12.1 Å². The Labute approximate surface area is 176 Å². The van der Waals surface area contributed by atoms with Gasteiger partial charge in [-0.15, -0.1) is 0 Å². The van der Waals surface area contributed by atoms with Crippen LogP contribution in [0.2, 0.25) is 5.02 Å². The zero-order valence-corrected chi connectivity index (χ0v) is 16.8. The number of amides is 1. The largest absolute Gasteiger partial charge is 0.453 e. The first-order chi connectivity index (χ1) is 14.3. The molecule has 0 radical (unpaired) electrons. The van der Waals surface area contributed by atoms with Crippen molar-refractivity contribution in [2.45, 2.75) is 32.3 Å². The fraction of sp³-hybridized carbons (Fsp3) is 0.238. The summed E-state index contributed by atoms with van der Waals surface area (Å²) in [5.41, 5.74) is 0.573. The highest BCUT2D eigenvalue weighted by molar-refractivity contribution is 6.33. The number of hydrogen-bond donors (Lipinski definition) is 2. The SMILES string of the molecule is CC(OC(=O)CCCc1nc2ccccc2c(=O)[nH]1)C(=O)Nc1ccc(F)cc1Cl. The maximum absolute atomic E-state index is 13.1. The minimum absolute atomic E-state index is 0.0405. The minimum atomic E-state index is -1.06. The Kier molecular flexibility index (Phi) is 6.79. The molecule has 0 aliphatic rings. The number of aryl methyl sites for hydroxylation is 1. The predicted molar refractivity (Wildman–Crippen MR) is 111 cm³/mol. The van der Waals surface area contributed by atoms with Gasteiger partial charge in [-0.25, -0.2) is 9.37 Å². The van der Waals surface area contributed by atoms with E-state index in [9.17, 15) is 18.8 Å². The van der Waals surface area contributed by atoms with Crippen LogP contribution in [0.15, 0.2) is 47.3 Å². The van der Waals surface area contributed by atoms with E-state index >= 15 is 0 Å². The number of nitrogens with one attached hydrogen (secondary N) is 2. The van der Waals surface area contributed by atoms with Crippen LogP contribution in [0, 0.1) is 5.82 Å². The van der Waals surface area contributed by atoms with E-state index in [-0.39, 0.29) is 22.7 Å². The third kappa shape index (κ3) is 5.42. The zero-order valence-electron chi connectivity index (χ0n) is 16.1. The van der Waals surface area contributed by atoms with Crippen molar-refractivity contribution >= 4 is 40.1 Å². The lowest BCUT2D eigenvalue weighted by molar-refractivity contribution is -0.153. The van der Waals surface area contributed by atoms with Gasteiger partial charge in [0.1, 0.15) is 11.6 Å². The fourth-order valence-corrected chi connectivity index (χ4v) is 3.00. The smallest absolute Gasteiger partial charge is 0.306 e. The number of esters is 1. The van der Waals surface area contributed by atoms with Gasteiger partial charge < -0.3 is 15.0 Å². The Morgan fingerprint density at radius 2 is 2.03 bits per heavy atom. The molecule has 0 bridgehead atoms. The van der Waals surface area contributed by atoms with Crippen LogP contribution in [-0.4, -0.2) is 27.9 Å². The third-order valence-electron chi connectivity index (χ3n) is 4.32. The summed E-state index contributed by atoms with van der Waals surface area (Å²) in [5.74, 6) is -1.20. The molecule has 0 aliphatic heterocycles. The number of para-hydroxylation sites is 1. The molecule has 0 aliphatic carbocycles. The number of aromatic amines is 1. The molecule has 2 aromatic carbocycles. The molecule has 156 valence electrons. The van der Waals surface area contributed by atoms with Gasteiger partial charge in [0.05, 0.1) is 21.6 Å². The lowest BCUT2D eigenvalue weighted by Gasteiger charge is -2.14. The van der Waals surface area contributed by atoms with Gasteiger partial charge in [0.25, 0.3) is 11.5 Å². The molecule has 7 nitrogen and oxygen atoms in total. The van der Waals surface area contributed by atoms with E-state index in [2.05, 4.69) is 15.3 Å². The Balaban J connectivity index is 1.49. The Morgan fingerprint density at radius 1 is 1.27 bits per heavy atom. The van der Waals surface area contributed by atoms with Gasteiger partial charge >= 0.3 is 5.97 Å². The number of anilines is 1. The summed E-state index contributed by atoms with van der Waals surface area (Å²) < 4.78 is 18.2. The number of H-pyrrole nitrogens is 1. The van der Waals surface area contributed by atoms with Gasteiger partial charge in [-0.3, -0.25) is 14.4 Å². The number of carbonyl (C=O) groups is 2. The summed E-state index contributed by atoms with van der Waals surface area (Å²) in [6.07, 6.45) is -0.248. The molecule has 9 heteroatoms. The molecule has 1 atom stereocenters. The van der Waals surface area contributed by atoms with Crippen LogP contribution >= 0.6 is 11.6 Å². The number of hydrogen-bond acceptors (Lipinski definition) is 5. The summed E-state index contributed by atoms with van der Waals surface area (Å²) in [7, 11) is 0. The maximum atomic E-state index is 13.1. The van der Waals surface area contributed by atoms with Crippen molar-refractivity contribution in [1.29, 1.82) is 0 Å². The molecular formula is C21H19ClFN3O4. The molecule has 3 aromatic rings. The van der Waals surface area contributed by atoms with Crippen LogP contribution in [0.3, 0.4) is 0 Å². The minimum Gasteiger partial charge on any atom is -0.453 e. The summed E-state index contributed by atoms with van der Waals surface area (Å²) in [5, 5.41) is 3.03. The second-order valence-electron chi connectivity index (χ2n) is 6.63. The number of fused-ring (bicyclic) bond motifs is 1. The molecule has 2 N–H and O–H groups in total. The molecule has 1 amide bonds. The normalized spacial score (nSPS) is 11.8. The zero-order chi connectivity index (χ0) is 21.7. The average Bonchev–Trinajstić information content (AvgIpc) is 2.70. The van der Waals surface area contributed by atoms with Gasteiger partial charge in [-0.1, -0.05) is 23.7 Å². The van der Waals surface area contributed by atoms with E-state index in [0.29, 0.717) is 29.6 Å². The molecule has 0 fully saturated rings. The molecule has 0 saturated heterocycles. The van der Waals surface area contributed by atoms with Crippen molar-refractivity contribution in [2.75, 3.05) is 5.32 Å². The van der Waals surface area contributed by atoms with Crippen LogP contribution < -0.4 is 10.9 Å². The summed E-state index contributed by atoms with van der Waals surface area (Å²) in [4.78, 5) is 43.3. The van der Waals surface area contributed by atoms with Gasteiger partial charge in [-0.2, -0.15) is 0 Å². The first-order valence-electron chi connectivity index (χ1n) is 9.27.